The molecule has 0 bridgehead atoms. The molecule has 1 aromatic carbocycles. The number of amides is 1. The Kier molecular flexibility index (Phi) is 6.50. The normalized spacial score (nSPS) is 11.6. The number of hydrogen-bond acceptors (Lipinski definition) is 5. The molecule has 0 aliphatic carbocycles. The number of hydrogen-bond donors (Lipinski definition) is 1. The summed E-state index contributed by atoms with van der Waals surface area (Å²) < 4.78 is 18.1. The van der Waals surface area contributed by atoms with Crippen LogP contribution in [0, 0.1) is 19.7 Å². The van der Waals surface area contributed by atoms with E-state index in [1.54, 1.807) is 33.8 Å². The van der Waals surface area contributed by atoms with Crippen molar-refractivity contribution in [3.05, 3.63) is 51.0 Å². The highest BCUT2D eigenvalue weighted by atomic mass is 32.1. The minimum atomic E-state index is -0.919. The number of methoxy groups -OCH3 is 1. The summed E-state index contributed by atoms with van der Waals surface area (Å²) in [7, 11) is 0.980. The fourth-order valence-corrected chi connectivity index (χ4v) is 4.53. The molecule has 1 aromatic heterocycles. The van der Waals surface area contributed by atoms with E-state index in [1.807, 2.05) is 0 Å². The SMILES string of the molecule is COC(=O)C(C)(C)PC(=O)c1cc(C(=O)Nc2ccc(F)c(C)c2)c(C)s1. The van der Waals surface area contributed by atoms with Crippen molar-refractivity contribution < 1.29 is 23.5 Å². The average molecular weight is 409 g/mol. The smallest absolute Gasteiger partial charge is 0.315 e. The van der Waals surface area contributed by atoms with E-state index in [2.05, 4.69) is 5.32 Å². The van der Waals surface area contributed by atoms with E-state index in [1.165, 1.54) is 36.6 Å². The van der Waals surface area contributed by atoms with Crippen LogP contribution in [0.5, 0.6) is 0 Å². The highest BCUT2D eigenvalue weighted by molar-refractivity contribution is 7.62. The highest BCUT2D eigenvalue weighted by Crippen LogP contribution is 2.38. The van der Waals surface area contributed by atoms with Crippen molar-refractivity contribution >= 4 is 43.0 Å². The molecule has 144 valence electrons. The zero-order chi connectivity index (χ0) is 20.4. The summed E-state index contributed by atoms with van der Waals surface area (Å²) in [5.74, 6) is -1.17. The molecule has 0 fully saturated rings. The molecule has 5 nitrogen and oxygen atoms in total. The largest absolute Gasteiger partial charge is 0.468 e. The van der Waals surface area contributed by atoms with Crippen molar-refractivity contribution in [2.75, 3.05) is 12.4 Å². The van der Waals surface area contributed by atoms with Crippen molar-refractivity contribution in [2.24, 2.45) is 0 Å². The fourth-order valence-electron chi connectivity index (χ4n) is 2.39. The Bertz CT molecular complexity index is 907. The van der Waals surface area contributed by atoms with E-state index in [0.717, 1.165) is 0 Å². The summed E-state index contributed by atoms with van der Waals surface area (Å²) in [6, 6.07) is 5.85. The summed E-state index contributed by atoms with van der Waals surface area (Å²) in [6.45, 7) is 6.67. The van der Waals surface area contributed by atoms with E-state index < -0.39 is 11.1 Å². The number of carbonyl (C=O) groups excluding carboxylic acids is 3. The molecule has 0 radical (unpaired) electrons. The van der Waals surface area contributed by atoms with Gasteiger partial charge in [-0.05, 0) is 66.1 Å². The minimum absolute atomic E-state index is 0.199. The third kappa shape index (κ3) is 4.99. The Labute approximate surface area is 163 Å². The predicted molar refractivity (Wildman–Crippen MR) is 107 cm³/mol. The van der Waals surface area contributed by atoms with Gasteiger partial charge in [-0.25, -0.2) is 4.39 Å². The van der Waals surface area contributed by atoms with Crippen molar-refractivity contribution in [1.82, 2.24) is 0 Å². The Hall–Kier alpha value is -2.11. The Balaban J connectivity index is 2.17. The molecule has 1 N–H and O–H groups in total. The zero-order valence-electron chi connectivity index (χ0n) is 15.7. The number of rotatable bonds is 6. The lowest BCUT2D eigenvalue weighted by molar-refractivity contribution is -0.142. The molecule has 2 aromatic rings. The Morgan fingerprint density at radius 2 is 1.85 bits per heavy atom. The van der Waals surface area contributed by atoms with Gasteiger partial charge >= 0.3 is 5.97 Å². The van der Waals surface area contributed by atoms with Crippen LogP contribution < -0.4 is 5.32 Å². The topological polar surface area (TPSA) is 72.5 Å². The lowest BCUT2D eigenvalue weighted by atomic mass is 10.2. The van der Waals surface area contributed by atoms with Crippen molar-refractivity contribution in [2.45, 2.75) is 32.9 Å². The second-order valence-electron chi connectivity index (χ2n) is 6.57. The van der Waals surface area contributed by atoms with Crippen LogP contribution in [0.3, 0.4) is 0 Å². The Morgan fingerprint density at radius 3 is 2.44 bits per heavy atom. The summed E-state index contributed by atoms with van der Waals surface area (Å²) in [5, 5.41) is 1.79. The summed E-state index contributed by atoms with van der Waals surface area (Å²) >= 11 is 1.21. The van der Waals surface area contributed by atoms with Gasteiger partial charge in [-0.1, -0.05) is 0 Å². The first-order valence-corrected chi connectivity index (χ1v) is 9.95. The van der Waals surface area contributed by atoms with Gasteiger partial charge in [-0.15, -0.1) is 11.3 Å². The van der Waals surface area contributed by atoms with Gasteiger partial charge in [0.2, 0.25) is 0 Å². The minimum Gasteiger partial charge on any atom is -0.468 e. The quantitative estimate of drug-likeness (QED) is 0.562. The number of halogens is 1. The van der Waals surface area contributed by atoms with E-state index in [9.17, 15) is 18.8 Å². The van der Waals surface area contributed by atoms with Gasteiger partial charge < -0.3 is 10.1 Å². The van der Waals surface area contributed by atoms with Crippen molar-refractivity contribution in [3.8, 4) is 0 Å². The number of carbonyl (C=O) groups is 3. The van der Waals surface area contributed by atoms with Gasteiger partial charge in [0.25, 0.3) is 5.91 Å². The molecule has 1 amide bonds. The van der Waals surface area contributed by atoms with Crippen molar-refractivity contribution in [3.63, 3.8) is 0 Å². The number of anilines is 1. The van der Waals surface area contributed by atoms with E-state index in [4.69, 9.17) is 4.74 Å². The number of ether oxygens (including phenoxy) is 1. The first-order valence-electron chi connectivity index (χ1n) is 8.14. The lowest BCUT2D eigenvalue weighted by Gasteiger charge is -2.19. The maximum absolute atomic E-state index is 13.4. The van der Waals surface area contributed by atoms with Crippen LogP contribution in [0.4, 0.5) is 10.1 Å². The van der Waals surface area contributed by atoms with E-state index in [0.29, 0.717) is 26.6 Å². The molecule has 0 saturated heterocycles. The predicted octanol–water partition coefficient (Wildman–Crippen LogP) is 4.53. The average Bonchev–Trinajstić information content (AvgIpc) is 2.99. The molecule has 2 rings (SSSR count). The maximum Gasteiger partial charge on any atom is 0.315 e. The van der Waals surface area contributed by atoms with Gasteiger partial charge in [-0.3, -0.25) is 14.4 Å². The van der Waals surface area contributed by atoms with Crippen LogP contribution in [0.25, 0.3) is 0 Å². The number of thiophene rings is 1. The van der Waals surface area contributed by atoms with E-state index >= 15 is 0 Å². The van der Waals surface area contributed by atoms with Gasteiger partial charge in [-0.2, -0.15) is 0 Å². The van der Waals surface area contributed by atoms with Crippen LogP contribution in [-0.2, 0) is 9.53 Å². The van der Waals surface area contributed by atoms with Gasteiger partial charge in [0, 0.05) is 10.6 Å². The molecule has 1 heterocycles. The van der Waals surface area contributed by atoms with Crippen LogP contribution in [0.1, 0.15) is 44.3 Å². The second-order valence-corrected chi connectivity index (χ2v) is 9.78. The van der Waals surface area contributed by atoms with Gasteiger partial charge in [0.05, 0.1) is 22.7 Å². The molecular formula is C19H21FNO4PS. The van der Waals surface area contributed by atoms with E-state index in [-0.39, 0.29) is 25.8 Å². The van der Waals surface area contributed by atoms with Crippen LogP contribution in [0.2, 0.25) is 0 Å². The lowest BCUT2D eigenvalue weighted by Crippen LogP contribution is -2.29. The van der Waals surface area contributed by atoms with Crippen molar-refractivity contribution in [1.29, 1.82) is 0 Å². The molecule has 27 heavy (non-hydrogen) atoms. The number of esters is 1. The zero-order valence-corrected chi connectivity index (χ0v) is 17.5. The van der Waals surface area contributed by atoms with Crippen LogP contribution in [-0.4, -0.2) is 29.7 Å². The third-order valence-corrected chi connectivity index (χ3v) is 6.48. The second kappa shape index (κ2) is 8.28. The highest BCUT2D eigenvalue weighted by Gasteiger charge is 2.32. The number of benzene rings is 1. The van der Waals surface area contributed by atoms with Gasteiger partial charge in [0.1, 0.15) is 5.82 Å². The van der Waals surface area contributed by atoms with Crippen LogP contribution in [0.15, 0.2) is 24.3 Å². The maximum atomic E-state index is 13.4. The molecule has 0 saturated carbocycles. The summed E-state index contributed by atoms with van der Waals surface area (Å²) in [5.41, 5.74) is 1.09. The molecular weight excluding hydrogens is 388 g/mol. The third-order valence-electron chi connectivity index (χ3n) is 3.92. The molecule has 1 atom stereocenters. The molecule has 8 heteroatoms. The monoisotopic (exact) mass is 409 g/mol. The first kappa shape index (κ1) is 21.2. The fraction of sp³-hybridized carbons (Fsp3) is 0.316. The number of nitrogens with one attached hydrogen (secondary N) is 1. The standard InChI is InChI=1S/C19H21FNO4PS/c1-10-8-12(6-7-14(10)20)21-16(22)13-9-15(27-11(13)2)17(23)26-19(3,4)18(24)25-5/h6-9,26H,1-5H3,(H,21,22). The van der Waals surface area contributed by atoms with Crippen LogP contribution >= 0.6 is 19.9 Å². The molecule has 1 unspecified atom stereocenters. The van der Waals surface area contributed by atoms with Gasteiger partial charge in [0.15, 0.2) is 5.52 Å². The molecule has 0 aliphatic rings. The molecule has 0 spiro atoms. The summed E-state index contributed by atoms with van der Waals surface area (Å²) in [6.07, 6.45) is 0. The molecule has 0 aliphatic heterocycles. The summed E-state index contributed by atoms with van der Waals surface area (Å²) in [4.78, 5) is 38.0. The number of aryl methyl sites for hydroxylation is 2. The first-order chi connectivity index (χ1) is 12.5. The Morgan fingerprint density at radius 1 is 1.19 bits per heavy atom.